The van der Waals surface area contributed by atoms with Crippen LogP contribution in [0.3, 0.4) is 0 Å². The maximum Gasteiger partial charge on any atom is 0.323 e. The van der Waals surface area contributed by atoms with Crippen LogP contribution in [0.5, 0.6) is 0 Å². The van der Waals surface area contributed by atoms with Gasteiger partial charge >= 0.3 is 5.97 Å². The summed E-state index contributed by atoms with van der Waals surface area (Å²) in [5.74, 6) is -0.418. The molecule has 3 nitrogen and oxygen atoms in total. The third kappa shape index (κ3) is 4.96. The normalized spacial score (nSPS) is 13.2. The SMILES string of the molecule is CC(C)(C)OC(=O)[C@@H](N)Cc1cc(Br)ccc1Cl. The minimum absolute atomic E-state index is 0.354. The van der Waals surface area contributed by atoms with Crippen LogP contribution in [0.2, 0.25) is 5.02 Å². The fraction of sp³-hybridized carbons (Fsp3) is 0.462. The molecule has 0 bridgehead atoms. The van der Waals surface area contributed by atoms with E-state index >= 15 is 0 Å². The lowest BCUT2D eigenvalue weighted by Crippen LogP contribution is -2.38. The van der Waals surface area contributed by atoms with E-state index < -0.39 is 17.6 Å². The second-order valence-corrected chi connectivity index (χ2v) is 6.40. The highest BCUT2D eigenvalue weighted by Crippen LogP contribution is 2.22. The van der Waals surface area contributed by atoms with Crippen LogP contribution in [-0.2, 0) is 16.0 Å². The predicted octanol–water partition coefficient (Wildman–Crippen LogP) is 3.31. The van der Waals surface area contributed by atoms with Crippen molar-refractivity contribution in [1.82, 2.24) is 0 Å². The zero-order valence-electron chi connectivity index (χ0n) is 10.7. The Morgan fingerprint density at radius 2 is 2.11 bits per heavy atom. The van der Waals surface area contributed by atoms with Gasteiger partial charge in [0.05, 0.1) is 0 Å². The van der Waals surface area contributed by atoms with Gasteiger partial charge in [-0.2, -0.15) is 0 Å². The molecule has 0 saturated heterocycles. The molecule has 100 valence electrons. The molecular formula is C13H17BrClNO2. The summed E-state index contributed by atoms with van der Waals surface area (Å²) in [4.78, 5) is 11.8. The summed E-state index contributed by atoms with van der Waals surface area (Å²) in [6, 6.07) is 4.75. The van der Waals surface area contributed by atoms with E-state index in [0.717, 1.165) is 10.0 Å². The molecule has 18 heavy (non-hydrogen) atoms. The highest BCUT2D eigenvalue weighted by atomic mass is 79.9. The van der Waals surface area contributed by atoms with E-state index in [4.69, 9.17) is 22.1 Å². The fourth-order valence-electron chi connectivity index (χ4n) is 1.40. The Morgan fingerprint density at radius 1 is 1.50 bits per heavy atom. The molecular weight excluding hydrogens is 318 g/mol. The van der Waals surface area contributed by atoms with Gasteiger partial charge in [-0.05, 0) is 51.0 Å². The number of halogens is 2. The lowest BCUT2D eigenvalue weighted by atomic mass is 10.1. The van der Waals surface area contributed by atoms with Crippen LogP contribution in [-0.4, -0.2) is 17.6 Å². The molecule has 1 aromatic rings. The summed E-state index contributed by atoms with van der Waals surface area (Å²) < 4.78 is 6.12. The van der Waals surface area contributed by atoms with Crippen molar-refractivity contribution in [1.29, 1.82) is 0 Å². The Hall–Kier alpha value is -0.580. The number of hydrogen-bond acceptors (Lipinski definition) is 3. The van der Waals surface area contributed by atoms with Crippen LogP contribution in [0, 0.1) is 0 Å². The standard InChI is InChI=1S/C13H17BrClNO2/c1-13(2,3)18-12(17)11(16)7-8-6-9(14)4-5-10(8)15/h4-6,11H,7,16H2,1-3H3/t11-/m0/s1. The highest BCUT2D eigenvalue weighted by molar-refractivity contribution is 9.10. The minimum Gasteiger partial charge on any atom is -0.459 e. The summed E-state index contributed by atoms with van der Waals surface area (Å²) in [5.41, 5.74) is 6.12. The second-order valence-electron chi connectivity index (χ2n) is 5.08. The van der Waals surface area contributed by atoms with Gasteiger partial charge in [0.1, 0.15) is 11.6 Å². The van der Waals surface area contributed by atoms with E-state index in [2.05, 4.69) is 15.9 Å². The molecule has 1 aromatic carbocycles. The summed E-state index contributed by atoms with van der Waals surface area (Å²) in [6.45, 7) is 5.43. The molecule has 0 aromatic heterocycles. The summed E-state index contributed by atoms with van der Waals surface area (Å²) in [7, 11) is 0. The van der Waals surface area contributed by atoms with Crippen molar-refractivity contribution in [3.8, 4) is 0 Å². The van der Waals surface area contributed by atoms with E-state index in [0.29, 0.717) is 11.4 Å². The third-order valence-electron chi connectivity index (χ3n) is 2.16. The van der Waals surface area contributed by atoms with Crippen molar-refractivity contribution in [2.24, 2.45) is 5.73 Å². The molecule has 0 unspecified atom stereocenters. The molecule has 0 aliphatic rings. The first kappa shape index (κ1) is 15.5. The molecule has 0 aliphatic heterocycles. The molecule has 0 fully saturated rings. The third-order valence-corrected chi connectivity index (χ3v) is 3.02. The van der Waals surface area contributed by atoms with E-state index in [9.17, 15) is 4.79 Å². The van der Waals surface area contributed by atoms with E-state index in [1.165, 1.54) is 0 Å². The number of carbonyl (C=O) groups is 1. The fourth-order valence-corrected chi connectivity index (χ4v) is 2.00. The van der Waals surface area contributed by atoms with Crippen molar-refractivity contribution in [2.45, 2.75) is 38.8 Å². The minimum atomic E-state index is -0.712. The summed E-state index contributed by atoms with van der Waals surface area (Å²) in [5, 5.41) is 0.595. The van der Waals surface area contributed by atoms with Gasteiger partial charge < -0.3 is 10.5 Å². The molecule has 0 heterocycles. The quantitative estimate of drug-likeness (QED) is 0.863. The van der Waals surface area contributed by atoms with Gasteiger partial charge in [-0.25, -0.2) is 0 Å². The van der Waals surface area contributed by atoms with E-state index in [1.54, 1.807) is 6.07 Å². The molecule has 1 rings (SSSR count). The number of carbonyl (C=O) groups excluding carboxylic acids is 1. The topological polar surface area (TPSA) is 52.3 Å². The van der Waals surface area contributed by atoms with Crippen LogP contribution in [0.15, 0.2) is 22.7 Å². The number of rotatable bonds is 3. The lowest BCUT2D eigenvalue weighted by Gasteiger charge is -2.22. The van der Waals surface area contributed by atoms with Crippen LogP contribution >= 0.6 is 27.5 Å². The zero-order chi connectivity index (χ0) is 13.9. The van der Waals surface area contributed by atoms with Crippen LogP contribution in [0.4, 0.5) is 0 Å². The van der Waals surface area contributed by atoms with E-state index in [1.807, 2.05) is 32.9 Å². The molecule has 1 atom stereocenters. The van der Waals surface area contributed by atoms with Crippen molar-refractivity contribution in [3.63, 3.8) is 0 Å². The maximum atomic E-state index is 11.8. The van der Waals surface area contributed by atoms with Crippen molar-refractivity contribution >= 4 is 33.5 Å². The van der Waals surface area contributed by atoms with Gasteiger partial charge in [0.2, 0.25) is 0 Å². The molecule has 0 spiro atoms. The molecule has 0 aliphatic carbocycles. The Bertz CT molecular complexity index is 443. The second kappa shape index (κ2) is 6.04. The Labute approximate surface area is 121 Å². The van der Waals surface area contributed by atoms with Crippen molar-refractivity contribution in [3.05, 3.63) is 33.3 Å². The number of hydrogen-bond donors (Lipinski definition) is 1. The van der Waals surface area contributed by atoms with Crippen LogP contribution in [0.25, 0.3) is 0 Å². The average molecular weight is 335 g/mol. The van der Waals surface area contributed by atoms with Gasteiger partial charge in [0.25, 0.3) is 0 Å². The first-order valence-electron chi connectivity index (χ1n) is 5.61. The first-order chi connectivity index (χ1) is 8.19. The van der Waals surface area contributed by atoms with Crippen LogP contribution < -0.4 is 5.73 Å². The number of ether oxygens (including phenoxy) is 1. The Morgan fingerprint density at radius 3 is 2.67 bits per heavy atom. The maximum absolute atomic E-state index is 11.8. The largest absolute Gasteiger partial charge is 0.459 e. The van der Waals surface area contributed by atoms with Crippen molar-refractivity contribution in [2.75, 3.05) is 0 Å². The molecule has 0 radical (unpaired) electrons. The van der Waals surface area contributed by atoms with Gasteiger partial charge in [0.15, 0.2) is 0 Å². The number of esters is 1. The average Bonchev–Trinajstić information content (AvgIpc) is 2.21. The van der Waals surface area contributed by atoms with E-state index in [-0.39, 0.29) is 0 Å². The number of benzene rings is 1. The smallest absolute Gasteiger partial charge is 0.323 e. The van der Waals surface area contributed by atoms with Gasteiger partial charge in [-0.1, -0.05) is 27.5 Å². The van der Waals surface area contributed by atoms with Gasteiger partial charge in [-0.15, -0.1) is 0 Å². The molecule has 0 saturated carbocycles. The van der Waals surface area contributed by atoms with Gasteiger partial charge in [-0.3, -0.25) is 4.79 Å². The van der Waals surface area contributed by atoms with Crippen molar-refractivity contribution < 1.29 is 9.53 Å². The Balaban J connectivity index is 2.72. The Kier molecular flexibility index (Phi) is 5.20. The monoisotopic (exact) mass is 333 g/mol. The number of nitrogens with two attached hydrogens (primary N) is 1. The summed E-state index contributed by atoms with van der Waals surface area (Å²) >= 11 is 9.41. The lowest BCUT2D eigenvalue weighted by molar-refractivity contribution is -0.156. The predicted molar refractivity (Wildman–Crippen MR) is 76.7 cm³/mol. The molecule has 5 heteroatoms. The summed E-state index contributed by atoms with van der Waals surface area (Å²) in [6.07, 6.45) is 0.354. The molecule has 2 N–H and O–H groups in total. The van der Waals surface area contributed by atoms with Crippen LogP contribution in [0.1, 0.15) is 26.3 Å². The first-order valence-corrected chi connectivity index (χ1v) is 6.78. The van der Waals surface area contributed by atoms with Gasteiger partial charge in [0, 0.05) is 9.50 Å². The zero-order valence-corrected chi connectivity index (χ0v) is 13.0. The highest BCUT2D eigenvalue weighted by Gasteiger charge is 2.22. The molecule has 0 amide bonds.